The van der Waals surface area contributed by atoms with Crippen molar-refractivity contribution >= 4 is 39.8 Å². The van der Waals surface area contributed by atoms with Crippen molar-refractivity contribution in [3.63, 3.8) is 0 Å². The number of methoxy groups -OCH3 is 2. The van der Waals surface area contributed by atoms with Gasteiger partial charge in [-0.15, -0.1) is 10.2 Å². The maximum absolute atomic E-state index is 13.4. The average Bonchev–Trinajstić information content (AvgIpc) is 3.43. The van der Waals surface area contributed by atoms with Crippen LogP contribution in [0.5, 0.6) is 11.5 Å². The molecule has 1 unspecified atom stereocenters. The number of nitrogens with zero attached hydrogens (tertiary/aromatic N) is 4. The molecule has 0 radical (unpaired) electrons. The minimum atomic E-state index is -0.706. The molecule has 9 nitrogen and oxygen atoms in total. The molecular formula is C29H27N5O4S2. The predicted octanol–water partition coefficient (Wildman–Crippen LogP) is 5.14. The molecule has 0 spiro atoms. The van der Waals surface area contributed by atoms with E-state index in [1.807, 2.05) is 31.2 Å². The third-order valence-corrected chi connectivity index (χ3v) is 8.99. The van der Waals surface area contributed by atoms with E-state index in [4.69, 9.17) is 15.2 Å². The van der Waals surface area contributed by atoms with E-state index in [1.54, 1.807) is 37.3 Å². The lowest BCUT2D eigenvalue weighted by atomic mass is 9.75. The Bertz CT molecular complexity index is 1590. The Balaban J connectivity index is 1.51. The molecule has 0 fully saturated rings. The van der Waals surface area contributed by atoms with E-state index in [1.165, 1.54) is 23.1 Å². The molecule has 40 heavy (non-hydrogen) atoms. The van der Waals surface area contributed by atoms with Crippen LogP contribution in [-0.4, -0.2) is 41.7 Å². The lowest BCUT2D eigenvalue weighted by Crippen LogP contribution is -2.38. The first-order valence-electron chi connectivity index (χ1n) is 12.6. The van der Waals surface area contributed by atoms with Crippen molar-refractivity contribution in [3.8, 4) is 17.6 Å². The number of ketones is 2. The van der Waals surface area contributed by atoms with Gasteiger partial charge in [-0.25, -0.2) is 0 Å². The number of allylic oxidation sites excluding steroid dienone is 3. The monoisotopic (exact) mass is 573 g/mol. The Labute approximate surface area is 240 Å². The van der Waals surface area contributed by atoms with Gasteiger partial charge in [-0.1, -0.05) is 52.9 Å². The van der Waals surface area contributed by atoms with Crippen LogP contribution in [0.15, 0.2) is 69.5 Å². The number of benzene rings is 2. The zero-order chi connectivity index (χ0) is 28.4. The van der Waals surface area contributed by atoms with Crippen LogP contribution in [-0.2, 0) is 4.79 Å². The molecule has 0 bridgehead atoms. The summed E-state index contributed by atoms with van der Waals surface area (Å²) in [6, 6.07) is 15.0. The van der Waals surface area contributed by atoms with Gasteiger partial charge in [0.25, 0.3) is 0 Å². The molecule has 2 N–H and O–H groups in total. The standard InChI is InChI=1S/C29H27N5O4S2/c1-16-7-9-17(10-8-16)23(36)15-39-29-33-32-28(40-29)34-21-5-4-6-22(35)26(21)25(20(14-30)27(34)31)19-13-18(37-2)11-12-24(19)38-3/h7-13,25H,4-6,15,31H2,1-3H3. The van der Waals surface area contributed by atoms with Crippen molar-refractivity contribution < 1.29 is 19.1 Å². The van der Waals surface area contributed by atoms with Crippen LogP contribution in [0.1, 0.15) is 46.7 Å². The summed E-state index contributed by atoms with van der Waals surface area (Å²) in [7, 11) is 3.10. The van der Waals surface area contributed by atoms with Gasteiger partial charge in [0.2, 0.25) is 5.13 Å². The molecule has 2 heterocycles. The molecule has 0 amide bonds. The number of aryl methyl sites for hydroxylation is 1. The minimum Gasteiger partial charge on any atom is -0.497 e. The highest BCUT2D eigenvalue weighted by molar-refractivity contribution is 8.01. The maximum Gasteiger partial charge on any atom is 0.219 e. The topological polar surface area (TPSA) is 131 Å². The molecular weight excluding hydrogens is 546 g/mol. The Morgan fingerprint density at radius 3 is 2.65 bits per heavy atom. The minimum absolute atomic E-state index is 0.0103. The first-order chi connectivity index (χ1) is 19.4. The van der Waals surface area contributed by atoms with E-state index in [0.717, 1.165) is 5.56 Å². The molecule has 11 heteroatoms. The highest BCUT2D eigenvalue weighted by Gasteiger charge is 2.42. The van der Waals surface area contributed by atoms with Crippen molar-refractivity contribution in [3.05, 3.63) is 81.8 Å². The number of ether oxygens (including phenoxy) is 2. The van der Waals surface area contributed by atoms with Crippen molar-refractivity contribution in [2.45, 2.75) is 36.4 Å². The summed E-state index contributed by atoms with van der Waals surface area (Å²) in [6.45, 7) is 1.97. The molecule has 2 aromatic carbocycles. The summed E-state index contributed by atoms with van der Waals surface area (Å²) in [5.74, 6) is 0.727. The molecule has 1 aromatic heterocycles. The highest BCUT2D eigenvalue weighted by Crippen LogP contribution is 2.49. The number of Topliss-reactive ketones (excluding diaryl/α,β-unsaturated/α-hetero) is 2. The average molecular weight is 574 g/mol. The van der Waals surface area contributed by atoms with Crippen LogP contribution in [0.3, 0.4) is 0 Å². The molecule has 204 valence electrons. The zero-order valence-corrected chi connectivity index (χ0v) is 23.9. The third-order valence-electron chi connectivity index (χ3n) is 6.95. The van der Waals surface area contributed by atoms with E-state index in [-0.39, 0.29) is 28.7 Å². The molecule has 5 rings (SSSR count). The third kappa shape index (κ3) is 5.08. The molecule has 2 aliphatic rings. The SMILES string of the molecule is COc1ccc(OC)c(C2C(C#N)=C(N)N(c3nnc(SCC(=O)c4ccc(C)cc4)s3)C3=C2C(=O)CCC3)c1. The van der Waals surface area contributed by atoms with Crippen LogP contribution in [0.2, 0.25) is 0 Å². The second kappa shape index (κ2) is 11.5. The number of aromatic nitrogens is 2. The number of nitrogens with two attached hydrogens (primary N) is 1. The summed E-state index contributed by atoms with van der Waals surface area (Å²) in [5, 5.41) is 19.4. The smallest absolute Gasteiger partial charge is 0.219 e. The number of carbonyl (C=O) groups excluding carboxylic acids is 2. The van der Waals surface area contributed by atoms with E-state index in [9.17, 15) is 14.9 Å². The van der Waals surface area contributed by atoms with Crippen LogP contribution in [0, 0.1) is 18.3 Å². The summed E-state index contributed by atoms with van der Waals surface area (Å²) in [4.78, 5) is 27.8. The van der Waals surface area contributed by atoms with Gasteiger partial charge in [-0.2, -0.15) is 5.26 Å². The van der Waals surface area contributed by atoms with Crippen molar-refractivity contribution in [1.82, 2.24) is 10.2 Å². The highest BCUT2D eigenvalue weighted by atomic mass is 32.2. The maximum atomic E-state index is 13.4. The quantitative estimate of drug-likeness (QED) is 0.285. The van der Waals surface area contributed by atoms with E-state index in [0.29, 0.717) is 62.6 Å². The number of anilines is 1. The Kier molecular flexibility index (Phi) is 7.91. The van der Waals surface area contributed by atoms with Gasteiger partial charge in [0, 0.05) is 28.8 Å². The molecule has 1 aliphatic heterocycles. The van der Waals surface area contributed by atoms with Crippen molar-refractivity contribution in [2.75, 3.05) is 24.9 Å². The summed E-state index contributed by atoms with van der Waals surface area (Å²) in [5.41, 5.74) is 10.5. The summed E-state index contributed by atoms with van der Waals surface area (Å²) >= 11 is 2.55. The fourth-order valence-electron chi connectivity index (χ4n) is 4.98. The van der Waals surface area contributed by atoms with Crippen LogP contribution in [0.4, 0.5) is 5.13 Å². The van der Waals surface area contributed by atoms with Crippen LogP contribution >= 0.6 is 23.1 Å². The number of thioether (sulfide) groups is 1. The first-order valence-corrected chi connectivity index (χ1v) is 14.4. The molecule has 3 aromatic rings. The van der Waals surface area contributed by atoms with Crippen molar-refractivity contribution in [1.29, 1.82) is 5.26 Å². The lowest BCUT2D eigenvalue weighted by molar-refractivity contribution is -0.116. The van der Waals surface area contributed by atoms with E-state index >= 15 is 0 Å². The fraction of sp³-hybridized carbons (Fsp3) is 0.276. The fourth-order valence-corrected chi connectivity index (χ4v) is 6.76. The van der Waals surface area contributed by atoms with Gasteiger partial charge < -0.3 is 15.2 Å². The summed E-state index contributed by atoms with van der Waals surface area (Å²) in [6.07, 6.45) is 1.60. The normalized spacial score (nSPS) is 17.0. The number of hydrogen-bond donors (Lipinski definition) is 1. The predicted molar refractivity (Wildman–Crippen MR) is 154 cm³/mol. The van der Waals surface area contributed by atoms with Crippen molar-refractivity contribution in [2.24, 2.45) is 5.73 Å². The Morgan fingerprint density at radius 1 is 1.18 bits per heavy atom. The van der Waals surface area contributed by atoms with Gasteiger partial charge in [-0.05, 0) is 38.0 Å². The molecule has 0 saturated carbocycles. The largest absolute Gasteiger partial charge is 0.497 e. The number of carbonyl (C=O) groups is 2. The molecule has 1 atom stereocenters. The van der Waals surface area contributed by atoms with Gasteiger partial charge in [0.1, 0.15) is 17.3 Å². The van der Waals surface area contributed by atoms with Crippen LogP contribution in [0.25, 0.3) is 0 Å². The van der Waals surface area contributed by atoms with Gasteiger partial charge in [0.15, 0.2) is 15.9 Å². The summed E-state index contributed by atoms with van der Waals surface area (Å²) < 4.78 is 11.6. The number of nitriles is 1. The Hall–Kier alpha value is -4.14. The number of rotatable bonds is 8. The zero-order valence-electron chi connectivity index (χ0n) is 22.3. The second-order valence-electron chi connectivity index (χ2n) is 9.35. The van der Waals surface area contributed by atoms with E-state index < -0.39 is 5.92 Å². The van der Waals surface area contributed by atoms with Crippen LogP contribution < -0.4 is 20.1 Å². The molecule has 0 saturated heterocycles. The van der Waals surface area contributed by atoms with Gasteiger partial charge in [0.05, 0.1) is 37.5 Å². The number of hydrogen-bond acceptors (Lipinski definition) is 11. The van der Waals surface area contributed by atoms with E-state index in [2.05, 4.69) is 16.3 Å². The molecule has 1 aliphatic carbocycles. The van der Waals surface area contributed by atoms with Gasteiger partial charge in [-0.3, -0.25) is 14.5 Å². The van der Waals surface area contributed by atoms with Gasteiger partial charge >= 0.3 is 0 Å². The first kappa shape index (κ1) is 27.4. The second-order valence-corrected chi connectivity index (χ2v) is 11.5. The Morgan fingerprint density at radius 2 is 1.95 bits per heavy atom. The lowest BCUT2D eigenvalue weighted by Gasteiger charge is -2.38.